The molecule has 6 rings (SSSR count). The first-order valence-electron chi connectivity index (χ1n) is 14.2. The number of nitrogens with zero attached hydrogens (tertiary/aromatic N) is 2. The molecule has 2 saturated heterocycles. The van der Waals surface area contributed by atoms with E-state index in [2.05, 4.69) is 10.2 Å². The second-order valence-corrected chi connectivity index (χ2v) is 13.8. The van der Waals surface area contributed by atoms with E-state index in [1.807, 2.05) is 24.3 Å². The Labute approximate surface area is 254 Å². The van der Waals surface area contributed by atoms with Crippen molar-refractivity contribution in [2.75, 3.05) is 26.2 Å². The van der Waals surface area contributed by atoms with E-state index in [4.69, 9.17) is 16.3 Å². The topological polar surface area (TPSA) is 99.2 Å². The van der Waals surface area contributed by atoms with Crippen molar-refractivity contribution in [2.45, 2.75) is 54.8 Å². The van der Waals surface area contributed by atoms with Crippen LogP contribution >= 0.6 is 11.6 Å². The van der Waals surface area contributed by atoms with E-state index in [1.165, 1.54) is 24.3 Å². The molecule has 2 N–H and O–H groups in total. The van der Waals surface area contributed by atoms with Gasteiger partial charge in [0.1, 0.15) is 28.3 Å². The summed E-state index contributed by atoms with van der Waals surface area (Å²) >= 11 is 6.38. The molecule has 3 aliphatic rings. The van der Waals surface area contributed by atoms with Crippen molar-refractivity contribution in [3.8, 4) is 16.9 Å². The smallest absolute Gasteiger partial charge is 0.247 e. The van der Waals surface area contributed by atoms with Gasteiger partial charge in [0.2, 0.25) is 15.9 Å². The van der Waals surface area contributed by atoms with Crippen LogP contribution in [0.15, 0.2) is 65.6 Å². The Morgan fingerprint density at radius 3 is 2.56 bits per heavy atom. The maximum atomic E-state index is 14.6. The monoisotopic (exact) mass is 631 g/mol. The van der Waals surface area contributed by atoms with Crippen molar-refractivity contribution in [3.05, 3.63) is 82.9 Å². The number of aliphatic hydroxyl groups excluding tert-OH is 1. The molecule has 3 aromatic carbocycles. The minimum absolute atomic E-state index is 0.00187. The maximum Gasteiger partial charge on any atom is 0.247 e. The second-order valence-electron chi connectivity index (χ2n) is 11.5. The molecule has 43 heavy (non-hydrogen) atoms. The summed E-state index contributed by atoms with van der Waals surface area (Å²) in [7, 11) is -4.29. The Balaban J connectivity index is 1.32. The van der Waals surface area contributed by atoms with Gasteiger partial charge in [-0.25, -0.2) is 17.2 Å². The molecular formula is C31H32ClF2N3O5S. The van der Waals surface area contributed by atoms with Crippen molar-refractivity contribution in [1.29, 1.82) is 0 Å². The number of sulfonamides is 1. The summed E-state index contributed by atoms with van der Waals surface area (Å²) in [4.78, 5) is 15.8. The summed E-state index contributed by atoms with van der Waals surface area (Å²) in [6.07, 6.45) is 0.556. The van der Waals surface area contributed by atoms with Gasteiger partial charge in [-0.15, -0.1) is 0 Å². The lowest BCUT2D eigenvalue weighted by Crippen LogP contribution is -2.59. The molecule has 1 amide bonds. The van der Waals surface area contributed by atoms with Gasteiger partial charge in [0.05, 0.1) is 12.7 Å². The van der Waals surface area contributed by atoms with Crippen LogP contribution in [0.4, 0.5) is 8.78 Å². The van der Waals surface area contributed by atoms with E-state index < -0.39 is 45.2 Å². The highest BCUT2D eigenvalue weighted by molar-refractivity contribution is 7.89. The zero-order valence-corrected chi connectivity index (χ0v) is 24.9. The summed E-state index contributed by atoms with van der Waals surface area (Å²) in [5.41, 5.74) is 0.757. The molecule has 0 aliphatic carbocycles. The minimum atomic E-state index is -4.29. The number of aliphatic hydroxyl groups is 1. The van der Waals surface area contributed by atoms with Crippen LogP contribution in [-0.4, -0.2) is 72.6 Å². The Morgan fingerprint density at radius 2 is 1.81 bits per heavy atom. The van der Waals surface area contributed by atoms with E-state index in [0.717, 1.165) is 22.0 Å². The first kappa shape index (κ1) is 30.0. The van der Waals surface area contributed by atoms with E-state index in [0.29, 0.717) is 49.5 Å². The van der Waals surface area contributed by atoms with Gasteiger partial charge in [0.25, 0.3) is 0 Å². The van der Waals surface area contributed by atoms with Crippen LogP contribution < -0.4 is 10.1 Å². The van der Waals surface area contributed by atoms with Gasteiger partial charge < -0.3 is 15.2 Å². The molecule has 1 spiro atoms. The van der Waals surface area contributed by atoms with Crippen LogP contribution in [0.25, 0.3) is 11.1 Å². The number of piperidine rings is 1. The predicted molar refractivity (Wildman–Crippen MR) is 157 cm³/mol. The van der Waals surface area contributed by atoms with Crippen LogP contribution in [0.1, 0.15) is 31.2 Å². The molecule has 3 heterocycles. The fourth-order valence-corrected chi connectivity index (χ4v) is 8.23. The summed E-state index contributed by atoms with van der Waals surface area (Å²) in [6.45, 7) is 1.86. The number of carbonyl (C=O) groups is 1. The van der Waals surface area contributed by atoms with Crippen molar-refractivity contribution < 1.29 is 31.8 Å². The molecule has 0 radical (unpaired) electrons. The summed E-state index contributed by atoms with van der Waals surface area (Å²) in [5.74, 6) is -1.97. The predicted octanol–water partition coefficient (Wildman–Crippen LogP) is 4.34. The molecular weight excluding hydrogens is 600 g/mol. The second kappa shape index (κ2) is 11.8. The number of fused-ring (bicyclic) bond motifs is 2. The largest absolute Gasteiger partial charge is 0.492 e. The van der Waals surface area contributed by atoms with Crippen LogP contribution in [-0.2, 0) is 21.4 Å². The first-order chi connectivity index (χ1) is 20.5. The minimum Gasteiger partial charge on any atom is -0.492 e. The van der Waals surface area contributed by atoms with E-state index in [-0.39, 0.29) is 35.8 Å². The molecule has 8 nitrogen and oxygen atoms in total. The van der Waals surface area contributed by atoms with Crippen molar-refractivity contribution in [2.24, 2.45) is 0 Å². The fourth-order valence-electron chi connectivity index (χ4n) is 6.28. The molecule has 2 fully saturated rings. The highest BCUT2D eigenvalue weighted by Gasteiger charge is 2.47. The lowest BCUT2D eigenvalue weighted by atomic mass is 9.84. The van der Waals surface area contributed by atoms with Crippen molar-refractivity contribution >= 4 is 27.5 Å². The van der Waals surface area contributed by atoms with Gasteiger partial charge in [-0.2, -0.15) is 4.31 Å². The van der Waals surface area contributed by atoms with Gasteiger partial charge in [-0.3, -0.25) is 9.69 Å². The summed E-state index contributed by atoms with van der Waals surface area (Å²) in [6, 6.07) is 13.9. The number of amides is 1. The maximum absolute atomic E-state index is 14.6. The zero-order chi connectivity index (χ0) is 30.4. The molecule has 0 unspecified atom stereocenters. The molecule has 2 atom stereocenters. The van der Waals surface area contributed by atoms with Gasteiger partial charge in [0.15, 0.2) is 0 Å². The molecule has 0 bridgehead atoms. The third kappa shape index (κ3) is 6.01. The number of ether oxygens (including phenoxy) is 1. The number of likely N-dealkylation sites (tertiary alicyclic amines) is 1. The number of rotatable bonds is 3. The number of nitrogens with one attached hydrogen (secondary N) is 1. The Morgan fingerprint density at radius 1 is 1.05 bits per heavy atom. The lowest BCUT2D eigenvalue weighted by molar-refractivity contribution is -0.127. The SMILES string of the molecule is O=C1NC2(CCOc3cc(-c4ccc(F)cc4F)ccc3S(=O)(=O)N3C[C@H](O)C[C@@H]13)CCN(Cc1ccccc1Cl)CC2. The quantitative estimate of drug-likeness (QED) is 0.446. The van der Waals surface area contributed by atoms with E-state index in [1.54, 1.807) is 0 Å². The number of benzene rings is 3. The number of hydrogen-bond acceptors (Lipinski definition) is 6. The Hall–Kier alpha value is -3.09. The van der Waals surface area contributed by atoms with Gasteiger partial charge in [0, 0.05) is 61.2 Å². The highest BCUT2D eigenvalue weighted by Crippen LogP contribution is 2.38. The lowest BCUT2D eigenvalue weighted by Gasteiger charge is -2.43. The molecule has 3 aromatic rings. The van der Waals surface area contributed by atoms with Gasteiger partial charge in [-0.1, -0.05) is 35.9 Å². The van der Waals surface area contributed by atoms with Crippen molar-refractivity contribution in [1.82, 2.24) is 14.5 Å². The molecule has 3 aliphatic heterocycles. The van der Waals surface area contributed by atoms with E-state index in [9.17, 15) is 27.1 Å². The van der Waals surface area contributed by atoms with Crippen LogP contribution in [0.2, 0.25) is 5.02 Å². The van der Waals surface area contributed by atoms with Gasteiger partial charge >= 0.3 is 0 Å². The number of hydrogen-bond donors (Lipinski definition) is 2. The molecule has 0 saturated carbocycles. The van der Waals surface area contributed by atoms with Crippen molar-refractivity contribution in [3.63, 3.8) is 0 Å². The average molecular weight is 632 g/mol. The normalized spacial score (nSPS) is 24.0. The van der Waals surface area contributed by atoms with Gasteiger partial charge in [-0.05, 0) is 54.3 Å². The average Bonchev–Trinajstić information content (AvgIpc) is 3.38. The Kier molecular flexibility index (Phi) is 8.20. The van der Waals surface area contributed by atoms with E-state index >= 15 is 0 Å². The molecule has 12 heteroatoms. The van der Waals surface area contributed by atoms with Crippen LogP contribution in [0.3, 0.4) is 0 Å². The molecule has 228 valence electrons. The van der Waals surface area contributed by atoms with Crippen LogP contribution in [0, 0.1) is 11.6 Å². The third-order valence-corrected chi connectivity index (χ3v) is 11.0. The number of halogens is 3. The zero-order valence-electron chi connectivity index (χ0n) is 23.3. The fraction of sp³-hybridized carbons (Fsp3) is 0.387. The third-order valence-electron chi connectivity index (χ3n) is 8.70. The molecule has 0 aromatic heterocycles. The first-order valence-corrected chi connectivity index (χ1v) is 16.1. The standard InChI is InChI=1S/C31H32ClF2N3O5S/c32-25-4-2-1-3-21(25)18-36-12-9-31(10-13-36)11-14-42-28-15-20(24-7-6-22(33)16-26(24)34)5-8-29(28)43(40,41)37-19-23(38)17-27(37)30(39)35-31/h1-8,15-16,23,27,38H,9-14,17-19H2,(H,35,39)/t23-,27+/m1/s1. The Bertz CT molecular complexity index is 1650. The van der Waals surface area contributed by atoms with Crippen LogP contribution in [0.5, 0.6) is 5.75 Å². The summed E-state index contributed by atoms with van der Waals surface area (Å²) < 4.78 is 63.2. The highest BCUT2D eigenvalue weighted by atomic mass is 35.5. The number of carbonyl (C=O) groups excluding carboxylic acids is 1. The summed E-state index contributed by atoms with van der Waals surface area (Å²) in [5, 5.41) is 14.3.